The van der Waals surface area contributed by atoms with Crippen LogP contribution in [-0.2, 0) is 4.79 Å². The molecule has 0 unspecified atom stereocenters. The van der Waals surface area contributed by atoms with Gasteiger partial charge in [0.25, 0.3) is 5.91 Å². The van der Waals surface area contributed by atoms with Crippen molar-refractivity contribution in [3.8, 4) is 0 Å². The van der Waals surface area contributed by atoms with Crippen LogP contribution in [0.2, 0.25) is 0 Å². The molecular formula is C27H31FN2O2S. The predicted octanol–water partition coefficient (Wildman–Crippen LogP) is 6.33. The maximum Gasteiger partial charge on any atom is 0.251 e. The molecule has 3 aromatic carbocycles. The van der Waals surface area contributed by atoms with Crippen molar-refractivity contribution in [3.05, 3.63) is 95.8 Å². The molecule has 0 heterocycles. The molecule has 0 atom stereocenters. The van der Waals surface area contributed by atoms with Crippen LogP contribution in [-0.4, -0.2) is 24.1 Å². The first kappa shape index (κ1) is 26.1. The van der Waals surface area contributed by atoms with Crippen molar-refractivity contribution in [2.24, 2.45) is 5.41 Å². The van der Waals surface area contributed by atoms with Gasteiger partial charge in [0.1, 0.15) is 5.82 Å². The average Bonchev–Trinajstić information content (AvgIpc) is 2.78. The minimum Gasteiger partial charge on any atom is -0.343 e. The zero-order valence-electron chi connectivity index (χ0n) is 19.5. The Morgan fingerprint density at radius 2 is 1.48 bits per heavy atom. The molecule has 0 aromatic heterocycles. The molecule has 33 heavy (non-hydrogen) atoms. The SMILES string of the molecule is CC(C)(C)CSc1ccc(NC(=O)CNC(=O)c2ccc(F)cc2)cc1.Cc1ccccc1. The van der Waals surface area contributed by atoms with Gasteiger partial charge in [-0.25, -0.2) is 4.39 Å². The van der Waals surface area contributed by atoms with Gasteiger partial charge in [-0.1, -0.05) is 56.7 Å². The van der Waals surface area contributed by atoms with E-state index in [0.717, 1.165) is 10.6 Å². The van der Waals surface area contributed by atoms with E-state index in [1.165, 1.54) is 29.8 Å². The Morgan fingerprint density at radius 3 is 2.00 bits per heavy atom. The molecule has 3 aromatic rings. The fraction of sp³-hybridized carbons (Fsp3) is 0.259. The summed E-state index contributed by atoms with van der Waals surface area (Å²) in [6, 6.07) is 23.0. The van der Waals surface area contributed by atoms with E-state index in [1.54, 1.807) is 11.8 Å². The van der Waals surface area contributed by atoms with Crippen molar-refractivity contribution in [2.75, 3.05) is 17.6 Å². The second kappa shape index (κ2) is 12.8. The summed E-state index contributed by atoms with van der Waals surface area (Å²) in [7, 11) is 0. The van der Waals surface area contributed by atoms with Gasteiger partial charge in [0, 0.05) is 21.9 Å². The summed E-state index contributed by atoms with van der Waals surface area (Å²) in [5.41, 5.74) is 2.55. The lowest BCUT2D eigenvalue weighted by atomic mass is 10.0. The molecule has 0 radical (unpaired) electrons. The summed E-state index contributed by atoms with van der Waals surface area (Å²) in [5.74, 6) is -0.151. The summed E-state index contributed by atoms with van der Waals surface area (Å²) in [5, 5.41) is 5.24. The van der Waals surface area contributed by atoms with Gasteiger partial charge in [0.05, 0.1) is 6.54 Å². The molecule has 0 saturated carbocycles. The third kappa shape index (κ3) is 10.8. The number of hydrogen-bond acceptors (Lipinski definition) is 3. The lowest BCUT2D eigenvalue weighted by Crippen LogP contribution is -2.32. The number of thioether (sulfide) groups is 1. The van der Waals surface area contributed by atoms with Gasteiger partial charge in [0.2, 0.25) is 5.91 Å². The Labute approximate surface area is 200 Å². The molecule has 0 bridgehead atoms. The molecule has 0 fully saturated rings. The largest absolute Gasteiger partial charge is 0.343 e. The van der Waals surface area contributed by atoms with Gasteiger partial charge in [0.15, 0.2) is 0 Å². The molecule has 3 rings (SSSR count). The molecular weight excluding hydrogens is 435 g/mol. The van der Waals surface area contributed by atoms with Crippen molar-refractivity contribution in [1.82, 2.24) is 5.32 Å². The summed E-state index contributed by atoms with van der Waals surface area (Å²) >= 11 is 1.77. The molecule has 0 aliphatic heterocycles. The van der Waals surface area contributed by atoms with E-state index < -0.39 is 11.7 Å². The Bertz CT molecular complexity index is 1010. The Hall–Kier alpha value is -3.12. The van der Waals surface area contributed by atoms with Crippen LogP contribution >= 0.6 is 11.8 Å². The highest BCUT2D eigenvalue weighted by Gasteiger charge is 2.11. The number of hydrogen-bond donors (Lipinski definition) is 2. The maximum atomic E-state index is 12.8. The zero-order chi connectivity index (χ0) is 24.3. The first-order valence-electron chi connectivity index (χ1n) is 10.7. The van der Waals surface area contributed by atoms with E-state index in [4.69, 9.17) is 0 Å². The van der Waals surface area contributed by atoms with E-state index in [0.29, 0.717) is 11.3 Å². The standard InChI is InChI=1S/C20H23FN2O2S.C7H8/c1-20(2,3)13-26-17-10-8-16(9-11-17)23-18(24)12-22-19(25)14-4-6-15(21)7-5-14;1-7-5-3-2-4-6-7/h4-11H,12-13H2,1-3H3,(H,22,25)(H,23,24);2-6H,1H3. The summed E-state index contributed by atoms with van der Waals surface area (Å²) in [6.45, 7) is 8.50. The minimum atomic E-state index is -0.422. The first-order valence-corrected chi connectivity index (χ1v) is 11.7. The lowest BCUT2D eigenvalue weighted by Gasteiger charge is -2.17. The third-order valence-electron chi connectivity index (χ3n) is 4.27. The van der Waals surface area contributed by atoms with E-state index in [-0.39, 0.29) is 17.9 Å². The summed E-state index contributed by atoms with van der Waals surface area (Å²) < 4.78 is 12.8. The van der Waals surface area contributed by atoms with Crippen LogP contribution < -0.4 is 10.6 Å². The van der Waals surface area contributed by atoms with Crippen LogP contribution in [0.25, 0.3) is 0 Å². The van der Waals surface area contributed by atoms with Gasteiger partial charge in [-0.05, 0) is 60.9 Å². The van der Waals surface area contributed by atoms with Gasteiger partial charge in [-0.3, -0.25) is 9.59 Å². The van der Waals surface area contributed by atoms with Crippen LogP contribution in [0, 0.1) is 18.2 Å². The monoisotopic (exact) mass is 466 g/mol. The Balaban J connectivity index is 0.000000468. The number of carbonyl (C=O) groups is 2. The fourth-order valence-electron chi connectivity index (χ4n) is 2.54. The topological polar surface area (TPSA) is 58.2 Å². The zero-order valence-corrected chi connectivity index (χ0v) is 20.3. The van der Waals surface area contributed by atoms with Gasteiger partial charge in [-0.15, -0.1) is 11.8 Å². The first-order chi connectivity index (χ1) is 15.6. The molecule has 2 amide bonds. The molecule has 0 aliphatic rings. The van der Waals surface area contributed by atoms with Crippen LogP contribution in [0.3, 0.4) is 0 Å². The van der Waals surface area contributed by atoms with Gasteiger partial charge in [-0.2, -0.15) is 0 Å². The fourth-order valence-corrected chi connectivity index (χ4v) is 3.47. The lowest BCUT2D eigenvalue weighted by molar-refractivity contribution is -0.115. The van der Waals surface area contributed by atoms with E-state index in [9.17, 15) is 14.0 Å². The smallest absolute Gasteiger partial charge is 0.251 e. The molecule has 6 heteroatoms. The second-order valence-corrected chi connectivity index (χ2v) is 9.81. The van der Waals surface area contributed by atoms with Crippen molar-refractivity contribution < 1.29 is 14.0 Å². The molecule has 174 valence electrons. The van der Waals surface area contributed by atoms with Crippen molar-refractivity contribution >= 4 is 29.3 Å². The molecule has 2 N–H and O–H groups in total. The molecule has 4 nitrogen and oxygen atoms in total. The normalized spacial score (nSPS) is 10.6. The van der Waals surface area contributed by atoms with Crippen LogP contribution in [0.1, 0.15) is 36.7 Å². The van der Waals surface area contributed by atoms with Gasteiger partial charge >= 0.3 is 0 Å². The number of anilines is 1. The van der Waals surface area contributed by atoms with E-state index >= 15 is 0 Å². The predicted molar refractivity (Wildman–Crippen MR) is 135 cm³/mol. The highest BCUT2D eigenvalue weighted by molar-refractivity contribution is 7.99. The minimum absolute atomic E-state index is 0.156. The molecule has 0 aliphatic carbocycles. The molecule has 0 spiro atoms. The van der Waals surface area contributed by atoms with Crippen molar-refractivity contribution in [2.45, 2.75) is 32.6 Å². The van der Waals surface area contributed by atoms with E-state index in [1.807, 2.05) is 42.5 Å². The van der Waals surface area contributed by atoms with E-state index in [2.05, 4.69) is 50.5 Å². The van der Waals surface area contributed by atoms with Gasteiger partial charge < -0.3 is 10.6 Å². The Kier molecular flexibility index (Phi) is 10.1. The maximum absolute atomic E-state index is 12.8. The highest BCUT2D eigenvalue weighted by atomic mass is 32.2. The van der Waals surface area contributed by atoms with Crippen LogP contribution in [0.15, 0.2) is 83.8 Å². The number of nitrogens with one attached hydrogen (secondary N) is 2. The van der Waals surface area contributed by atoms with Crippen molar-refractivity contribution in [3.63, 3.8) is 0 Å². The van der Waals surface area contributed by atoms with Crippen molar-refractivity contribution in [1.29, 1.82) is 0 Å². The Morgan fingerprint density at radius 1 is 0.879 bits per heavy atom. The van der Waals surface area contributed by atoms with Crippen LogP contribution in [0.4, 0.5) is 10.1 Å². The summed E-state index contributed by atoms with van der Waals surface area (Å²) in [6.07, 6.45) is 0. The highest BCUT2D eigenvalue weighted by Crippen LogP contribution is 2.27. The quantitative estimate of drug-likeness (QED) is 0.418. The summed E-state index contributed by atoms with van der Waals surface area (Å²) in [4.78, 5) is 25.0. The third-order valence-corrected chi connectivity index (χ3v) is 5.88. The number of rotatable bonds is 6. The number of aryl methyl sites for hydroxylation is 1. The number of amides is 2. The number of carbonyl (C=O) groups excluding carboxylic acids is 2. The average molecular weight is 467 g/mol. The van der Waals surface area contributed by atoms with Crippen LogP contribution in [0.5, 0.6) is 0 Å². The number of benzene rings is 3. The molecule has 0 saturated heterocycles. The number of halogens is 1. The second-order valence-electron chi connectivity index (χ2n) is 8.77.